The Morgan fingerprint density at radius 1 is 1.09 bits per heavy atom. The summed E-state index contributed by atoms with van der Waals surface area (Å²) in [4.78, 5) is 24.5. The van der Waals surface area contributed by atoms with Crippen molar-refractivity contribution in [2.24, 2.45) is 0 Å². The Kier molecular flexibility index (Phi) is 6.61. The molecule has 1 aliphatic rings. The molecule has 3 aromatic rings. The zero-order valence-electron chi connectivity index (χ0n) is 18.4. The molecular weight excluding hydrogens is 406 g/mol. The maximum Gasteiger partial charge on any atom is 0.269 e. The van der Waals surface area contributed by atoms with Gasteiger partial charge in [0.2, 0.25) is 0 Å². The molecule has 8 nitrogen and oxygen atoms in total. The fourth-order valence-electron chi connectivity index (χ4n) is 3.81. The van der Waals surface area contributed by atoms with E-state index in [0.29, 0.717) is 12.4 Å². The first-order valence-corrected chi connectivity index (χ1v) is 10.8. The number of benzene rings is 2. The van der Waals surface area contributed by atoms with Crippen molar-refractivity contribution in [3.8, 4) is 11.4 Å². The first-order chi connectivity index (χ1) is 15.5. The summed E-state index contributed by atoms with van der Waals surface area (Å²) >= 11 is 0. The molecule has 4 rings (SSSR count). The molecule has 1 fully saturated rings. The third kappa shape index (κ3) is 4.86. The van der Waals surface area contributed by atoms with Crippen LogP contribution in [-0.4, -0.2) is 48.2 Å². The van der Waals surface area contributed by atoms with Crippen LogP contribution in [0.5, 0.6) is 0 Å². The molecule has 0 N–H and O–H groups in total. The van der Waals surface area contributed by atoms with Crippen LogP contribution in [0, 0.1) is 10.1 Å². The summed E-state index contributed by atoms with van der Waals surface area (Å²) in [7, 11) is 2.03. The minimum atomic E-state index is -0.405. The molecule has 0 unspecified atom stereocenters. The predicted octanol–water partition coefficient (Wildman–Crippen LogP) is 4.09. The largest absolute Gasteiger partial charge is 0.378 e. The van der Waals surface area contributed by atoms with Gasteiger partial charge >= 0.3 is 0 Å². The molecule has 0 aliphatic carbocycles. The van der Waals surface area contributed by atoms with Gasteiger partial charge in [-0.25, -0.2) is 9.97 Å². The van der Waals surface area contributed by atoms with Gasteiger partial charge in [0, 0.05) is 61.8 Å². The molecule has 1 aromatic heterocycles. The van der Waals surface area contributed by atoms with Crippen LogP contribution < -0.4 is 9.80 Å². The highest BCUT2D eigenvalue weighted by atomic mass is 16.6. The number of morpholine rings is 1. The molecule has 0 spiro atoms. The smallest absolute Gasteiger partial charge is 0.269 e. The first kappa shape index (κ1) is 21.7. The van der Waals surface area contributed by atoms with Crippen molar-refractivity contribution in [1.29, 1.82) is 0 Å². The average Bonchev–Trinajstić information content (AvgIpc) is 2.84. The van der Waals surface area contributed by atoms with Crippen LogP contribution in [-0.2, 0) is 17.7 Å². The second-order valence-corrected chi connectivity index (χ2v) is 7.78. The molecule has 0 saturated carbocycles. The van der Waals surface area contributed by atoms with E-state index in [1.165, 1.54) is 23.4 Å². The summed E-state index contributed by atoms with van der Waals surface area (Å²) in [5, 5.41) is 11.0. The second kappa shape index (κ2) is 9.74. The first-order valence-electron chi connectivity index (χ1n) is 10.8. The number of hydrogen-bond acceptors (Lipinski definition) is 7. The van der Waals surface area contributed by atoms with Crippen LogP contribution in [0.2, 0.25) is 0 Å². The second-order valence-electron chi connectivity index (χ2n) is 7.78. The van der Waals surface area contributed by atoms with Crippen LogP contribution >= 0.6 is 0 Å². The van der Waals surface area contributed by atoms with Gasteiger partial charge in [-0.15, -0.1) is 0 Å². The number of aryl methyl sites for hydroxylation is 1. The maximum atomic E-state index is 11.0. The summed E-state index contributed by atoms with van der Waals surface area (Å²) < 4.78 is 5.51. The van der Waals surface area contributed by atoms with Gasteiger partial charge in [0.15, 0.2) is 5.82 Å². The van der Waals surface area contributed by atoms with E-state index in [1.54, 1.807) is 12.1 Å². The van der Waals surface area contributed by atoms with E-state index < -0.39 is 4.92 Å². The zero-order chi connectivity index (χ0) is 22.5. The number of nitro groups is 1. The zero-order valence-corrected chi connectivity index (χ0v) is 18.4. The van der Waals surface area contributed by atoms with Crippen LogP contribution in [0.1, 0.15) is 18.2 Å². The van der Waals surface area contributed by atoms with Crippen LogP contribution in [0.3, 0.4) is 0 Å². The van der Waals surface area contributed by atoms with Gasteiger partial charge in [-0.05, 0) is 30.2 Å². The molecule has 2 heterocycles. The highest BCUT2D eigenvalue weighted by Crippen LogP contribution is 2.26. The summed E-state index contributed by atoms with van der Waals surface area (Å²) in [6, 6.07) is 16.8. The Balaban J connectivity index is 1.61. The fourth-order valence-corrected chi connectivity index (χ4v) is 3.81. The van der Waals surface area contributed by atoms with Gasteiger partial charge in [-0.2, -0.15) is 0 Å². The summed E-state index contributed by atoms with van der Waals surface area (Å²) in [5.74, 6) is 1.39. The summed E-state index contributed by atoms with van der Waals surface area (Å²) in [6.45, 7) is 6.02. The van der Waals surface area contributed by atoms with Gasteiger partial charge < -0.3 is 14.5 Å². The van der Waals surface area contributed by atoms with Crippen molar-refractivity contribution < 1.29 is 9.66 Å². The molecule has 0 bridgehead atoms. The molecule has 8 heteroatoms. The number of hydrogen-bond donors (Lipinski definition) is 0. The summed E-state index contributed by atoms with van der Waals surface area (Å²) in [5.41, 5.74) is 4.19. The molecule has 32 heavy (non-hydrogen) atoms. The molecular formula is C24H27N5O3. The van der Waals surface area contributed by atoms with Crippen molar-refractivity contribution in [2.45, 2.75) is 19.9 Å². The van der Waals surface area contributed by atoms with Crippen molar-refractivity contribution in [1.82, 2.24) is 9.97 Å². The molecule has 0 amide bonds. The lowest BCUT2D eigenvalue weighted by Gasteiger charge is -2.31. The standard InChI is InChI=1S/C24H27N5O3/c1-3-20-16-23(26-24(25-20)18-8-10-21(11-9-18)29(30)31)27(2)17-19-6-4-5-7-22(19)28-12-14-32-15-13-28/h4-11,16H,3,12-15,17H2,1-2H3. The molecule has 0 atom stereocenters. The number of anilines is 2. The third-order valence-electron chi connectivity index (χ3n) is 5.61. The maximum absolute atomic E-state index is 11.0. The van der Waals surface area contributed by atoms with Crippen molar-refractivity contribution in [3.63, 3.8) is 0 Å². The molecule has 166 valence electrons. The quantitative estimate of drug-likeness (QED) is 0.410. The average molecular weight is 434 g/mol. The van der Waals surface area contributed by atoms with E-state index in [0.717, 1.165) is 49.8 Å². The Morgan fingerprint density at radius 3 is 2.50 bits per heavy atom. The Labute approximate surface area is 187 Å². The monoisotopic (exact) mass is 433 g/mol. The van der Waals surface area contributed by atoms with Gasteiger partial charge in [0.25, 0.3) is 5.69 Å². The Hall–Kier alpha value is -3.52. The van der Waals surface area contributed by atoms with E-state index in [1.807, 2.05) is 13.1 Å². The molecule has 0 radical (unpaired) electrons. The lowest BCUT2D eigenvalue weighted by Crippen LogP contribution is -2.37. The molecule has 1 aliphatic heterocycles. The Morgan fingerprint density at radius 2 is 1.81 bits per heavy atom. The minimum absolute atomic E-state index is 0.0532. The van der Waals surface area contributed by atoms with Crippen LogP contribution in [0.4, 0.5) is 17.2 Å². The number of nitrogens with zero attached hydrogens (tertiary/aromatic N) is 5. The number of non-ortho nitro benzene ring substituents is 1. The van der Waals surface area contributed by atoms with Gasteiger partial charge in [0.1, 0.15) is 5.82 Å². The normalized spacial score (nSPS) is 13.8. The van der Waals surface area contributed by atoms with E-state index in [2.05, 4.69) is 46.0 Å². The highest BCUT2D eigenvalue weighted by molar-refractivity contribution is 5.61. The predicted molar refractivity (Wildman–Crippen MR) is 125 cm³/mol. The number of ether oxygens (including phenoxy) is 1. The van der Waals surface area contributed by atoms with Crippen LogP contribution in [0.15, 0.2) is 54.6 Å². The van der Waals surface area contributed by atoms with Gasteiger partial charge in [-0.1, -0.05) is 25.1 Å². The number of nitro benzene ring substituents is 1. The van der Waals surface area contributed by atoms with E-state index >= 15 is 0 Å². The van der Waals surface area contributed by atoms with E-state index in [4.69, 9.17) is 9.72 Å². The summed E-state index contributed by atoms with van der Waals surface area (Å²) in [6.07, 6.45) is 0.772. The van der Waals surface area contributed by atoms with E-state index in [9.17, 15) is 10.1 Å². The van der Waals surface area contributed by atoms with Gasteiger partial charge in [-0.3, -0.25) is 10.1 Å². The Bertz CT molecular complexity index is 1080. The van der Waals surface area contributed by atoms with E-state index in [-0.39, 0.29) is 5.69 Å². The molecule has 2 aromatic carbocycles. The third-order valence-corrected chi connectivity index (χ3v) is 5.61. The number of aromatic nitrogens is 2. The lowest BCUT2D eigenvalue weighted by atomic mass is 10.1. The minimum Gasteiger partial charge on any atom is -0.378 e. The fraction of sp³-hybridized carbons (Fsp3) is 0.333. The lowest BCUT2D eigenvalue weighted by molar-refractivity contribution is -0.384. The molecule has 1 saturated heterocycles. The topological polar surface area (TPSA) is 84.6 Å². The van der Waals surface area contributed by atoms with Gasteiger partial charge in [0.05, 0.1) is 18.1 Å². The number of para-hydroxylation sites is 1. The van der Waals surface area contributed by atoms with Crippen molar-refractivity contribution in [3.05, 3.63) is 76.0 Å². The highest BCUT2D eigenvalue weighted by Gasteiger charge is 2.17. The van der Waals surface area contributed by atoms with Crippen molar-refractivity contribution >= 4 is 17.2 Å². The number of rotatable bonds is 7. The SMILES string of the molecule is CCc1cc(N(C)Cc2ccccc2N2CCOCC2)nc(-c2ccc([N+](=O)[O-])cc2)n1. The van der Waals surface area contributed by atoms with Crippen LogP contribution in [0.25, 0.3) is 11.4 Å². The van der Waals surface area contributed by atoms with Crippen molar-refractivity contribution in [2.75, 3.05) is 43.2 Å².